The van der Waals surface area contributed by atoms with E-state index in [4.69, 9.17) is 14.2 Å². The van der Waals surface area contributed by atoms with Crippen molar-refractivity contribution in [2.45, 2.75) is 226 Å². The van der Waals surface area contributed by atoms with Crippen LogP contribution >= 0.6 is 0 Å². The molecule has 0 amide bonds. The minimum Gasteiger partial charge on any atom is -0.462 e. The lowest BCUT2D eigenvalue weighted by molar-refractivity contribution is -0.167. The molecule has 362 valence electrons. The van der Waals surface area contributed by atoms with E-state index in [9.17, 15) is 14.4 Å². The first-order valence-corrected chi connectivity index (χ1v) is 25.9. The molecule has 0 aliphatic heterocycles. The molecule has 0 saturated carbocycles. The Morgan fingerprint density at radius 1 is 0.328 bits per heavy atom. The van der Waals surface area contributed by atoms with Gasteiger partial charge >= 0.3 is 17.9 Å². The van der Waals surface area contributed by atoms with Crippen LogP contribution in [0.5, 0.6) is 0 Å². The molecule has 0 aliphatic rings. The molecule has 0 saturated heterocycles. The smallest absolute Gasteiger partial charge is 0.306 e. The third-order valence-corrected chi connectivity index (χ3v) is 10.5. The number of ether oxygens (including phenoxy) is 3. The first-order valence-electron chi connectivity index (χ1n) is 25.9. The topological polar surface area (TPSA) is 78.9 Å². The summed E-state index contributed by atoms with van der Waals surface area (Å²) >= 11 is 0. The van der Waals surface area contributed by atoms with E-state index in [1.807, 2.05) is 0 Å². The molecule has 0 aromatic carbocycles. The van der Waals surface area contributed by atoms with Gasteiger partial charge in [0.15, 0.2) is 6.10 Å². The second-order valence-corrected chi connectivity index (χ2v) is 16.7. The number of hydrogen-bond donors (Lipinski definition) is 0. The van der Waals surface area contributed by atoms with Crippen LogP contribution in [0.2, 0.25) is 0 Å². The van der Waals surface area contributed by atoms with E-state index < -0.39 is 6.10 Å². The number of esters is 3. The average Bonchev–Trinajstić information content (AvgIpc) is 3.29. The molecule has 0 fully saturated rings. The standard InChI is InChI=1S/C58H94O6/c1-4-7-10-13-16-19-22-24-26-27-28-29-30-31-33-34-36-39-42-45-48-51-57(60)63-54-55(53-62-56(59)50-47-44-41-38-21-18-15-12-9-6-3)64-58(61)52-49-46-43-40-37-35-32-25-23-20-17-14-11-8-5-2/h7-8,10-11,16-17,19-20,24-26,28-29,31-33,36,39,55H,4-6,9,12-15,18,21-23,27,30,34-35,37-38,40-54H2,1-3H3/b10-7-,11-8-,19-16-,20-17-,26-24-,29-28-,32-25-,33-31-,39-36-. The van der Waals surface area contributed by atoms with E-state index >= 15 is 0 Å². The normalized spacial score (nSPS) is 13.0. The van der Waals surface area contributed by atoms with Crippen molar-refractivity contribution in [3.8, 4) is 0 Å². The molecule has 0 aromatic heterocycles. The van der Waals surface area contributed by atoms with E-state index in [0.29, 0.717) is 25.7 Å². The van der Waals surface area contributed by atoms with Gasteiger partial charge in [-0.05, 0) is 103 Å². The van der Waals surface area contributed by atoms with Crippen LogP contribution in [-0.2, 0) is 28.6 Å². The summed E-state index contributed by atoms with van der Waals surface area (Å²) in [6.45, 7) is 6.33. The minimum atomic E-state index is -0.804. The Balaban J connectivity index is 4.46. The lowest BCUT2D eigenvalue weighted by Gasteiger charge is -2.18. The number of allylic oxidation sites excluding steroid dienone is 18. The Morgan fingerprint density at radius 2 is 0.609 bits per heavy atom. The van der Waals surface area contributed by atoms with E-state index in [1.54, 1.807) is 0 Å². The van der Waals surface area contributed by atoms with E-state index in [1.165, 1.54) is 44.9 Å². The number of unbranched alkanes of at least 4 members (excludes halogenated alkanes) is 16. The number of rotatable bonds is 45. The van der Waals surface area contributed by atoms with Crippen LogP contribution in [0.25, 0.3) is 0 Å². The van der Waals surface area contributed by atoms with Gasteiger partial charge < -0.3 is 14.2 Å². The van der Waals surface area contributed by atoms with Crippen LogP contribution in [0.3, 0.4) is 0 Å². The van der Waals surface area contributed by atoms with Crippen molar-refractivity contribution in [3.63, 3.8) is 0 Å². The van der Waals surface area contributed by atoms with Crippen LogP contribution in [0.15, 0.2) is 109 Å². The largest absolute Gasteiger partial charge is 0.462 e. The zero-order valence-electron chi connectivity index (χ0n) is 41.3. The molecule has 0 aromatic rings. The molecule has 6 nitrogen and oxygen atoms in total. The highest BCUT2D eigenvalue weighted by Crippen LogP contribution is 2.13. The van der Waals surface area contributed by atoms with Gasteiger partial charge in [-0.15, -0.1) is 0 Å². The Morgan fingerprint density at radius 3 is 0.984 bits per heavy atom. The van der Waals surface area contributed by atoms with E-state index in [2.05, 4.69) is 130 Å². The molecule has 1 unspecified atom stereocenters. The van der Waals surface area contributed by atoms with Crippen LogP contribution in [0, 0.1) is 0 Å². The first-order chi connectivity index (χ1) is 31.5. The van der Waals surface area contributed by atoms with Crippen molar-refractivity contribution in [2.24, 2.45) is 0 Å². The third kappa shape index (κ3) is 49.1. The zero-order chi connectivity index (χ0) is 46.5. The summed E-state index contributed by atoms with van der Waals surface area (Å²) in [6.07, 6.45) is 69.3. The van der Waals surface area contributed by atoms with Crippen molar-refractivity contribution in [1.82, 2.24) is 0 Å². The summed E-state index contributed by atoms with van der Waals surface area (Å²) in [5.41, 5.74) is 0. The fourth-order valence-electron chi connectivity index (χ4n) is 6.69. The Hall–Kier alpha value is -3.93. The lowest BCUT2D eigenvalue weighted by atomic mass is 10.1. The van der Waals surface area contributed by atoms with Gasteiger partial charge in [0.25, 0.3) is 0 Å². The molecule has 0 bridgehead atoms. The minimum absolute atomic E-state index is 0.0997. The molecule has 0 heterocycles. The van der Waals surface area contributed by atoms with E-state index in [-0.39, 0.29) is 31.1 Å². The number of hydrogen-bond acceptors (Lipinski definition) is 6. The maximum Gasteiger partial charge on any atom is 0.306 e. The molecule has 64 heavy (non-hydrogen) atoms. The highest BCUT2D eigenvalue weighted by molar-refractivity contribution is 5.71. The van der Waals surface area contributed by atoms with Crippen molar-refractivity contribution in [1.29, 1.82) is 0 Å². The quantitative estimate of drug-likeness (QED) is 0.0262. The lowest BCUT2D eigenvalue weighted by Crippen LogP contribution is -2.30. The Labute approximate surface area is 393 Å². The second kappa shape index (κ2) is 51.7. The summed E-state index contributed by atoms with van der Waals surface area (Å²) < 4.78 is 16.7. The van der Waals surface area contributed by atoms with Gasteiger partial charge in [-0.3, -0.25) is 14.4 Å². The van der Waals surface area contributed by atoms with E-state index in [0.717, 1.165) is 128 Å². The van der Waals surface area contributed by atoms with Gasteiger partial charge in [-0.1, -0.05) is 207 Å². The molecular weight excluding hydrogens is 793 g/mol. The van der Waals surface area contributed by atoms with Crippen LogP contribution < -0.4 is 0 Å². The average molecular weight is 887 g/mol. The molecule has 1 atom stereocenters. The second-order valence-electron chi connectivity index (χ2n) is 16.7. The SMILES string of the molecule is CC/C=C\C/C=C\C/C=C\C/C=C\C/C=C\C/C=C\CCCCC(=O)OCC(COC(=O)CCCCCCCCCCCC)OC(=O)CCCCCCC/C=C\C/C=C\C/C=C\CC. The van der Waals surface area contributed by atoms with Crippen molar-refractivity contribution < 1.29 is 28.6 Å². The van der Waals surface area contributed by atoms with Gasteiger partial charge in [0, 0.05) is 19.3 Å². The summed E-state index contributed by atoms with van der Waals surface area (Å²) in [4.78, 5) is 37.9. The number of carbonyl (C=O) groups excluding carboxylic acids is 3. The highest BCUT2D eigenvalue weighted by Gasteiger charge is 2.19. The molecule has 0 N–H and O–H groups in total. The molecule has 0 spiro atoms. The van der Waals surface area contributed by atoms with Crippen molar-refractivity contribution >= 4 is 17.9 Å². The zero-order valence-corrected chi connectivity index (χ0v) is 41.3. The Bertz CT molecular complexity index is 1340. The third-order valence-electron chi connectivity index (χ3n) is 10.5. The van der Waals surface area contributed by atoms with Gasteiger partial charge in [-0.25, -0.2) is 0 Å². The maximum absolute atomic E-state index is 12.8. The summed E-state index contributed by atoms with van der Waals surface area (Å²) in [5, 5.41) is 0. The van der Waals surface area contributed by atoms with Crippen molar-refractivity contribution in [2.75, 3.05) is 13.2 Å². The summed E-state index contributed by atoms with van der Waals surface area (Å²) in [5.74, 6) is -0.969. The van der Waals surface area contributed by atoms with Crippen molar-refractivity contribution in [3.05, 3.63) is 109 Å². The van der Waals surface area contributed by atoms with Crippen LogP contribution in [-0.4, -0.2) is 37.2 Å². The van der Waals surface area contributed by atoms with Gasteiger partial charge in [-0.2, -0.15) is 0 Å². The molecule has 0 aliphatic carbocycles. The monoisotopic (exact) mass is 887 g/mol. The molecular formula is C58H94O6. The van der Waals surface area contributed by atoms with Gasteiger partial charge in [0.1, 0.15) is 13.2 Å². The predicted molar refractivity (Wildman–Crippen MR) is 274 cm³/mol. The fourth-order valence-corrected chi connectivity index (χ4v) is 6.69. The highest BCUT2D eigenvalue weighted by atomic mass is 16.6. The first kappa shape index (κ1) is 60.1. The van der Waals surface area contributed by atoms with Gasteiger partial charge in [0.2, 0.25) is 0 Å². The van der Waals surface area contributed by atoms with Gasteiger partial charge in [0.05, 0.1) is 0 Å². The molecule has 0 rings (SSSR count). The van der Waals surface area contributed by atoms with Crippen LogP contribution in [0.1, 0.15) is 220 Å². The fraction of sp³-hybridized carbons (Fsp3) is 0.638. The maximum atomic E-state index is 12.8. The molecule has 6 heteroatoms. The molecule has 0 radical (unpaired) electrons. The van der Waals surface area contributed by atoms with Crippen LogP contribution in [0.4, 0.5) is 0 Å². The Kier molecular flexibility index (Phi) is 48.5. The summed E-state index contributed by atoms with van der Waals surface area (Å²) in [7, 11) is 0. The predicted octanol–water partition coefficient (Wildman–Crippen LogP) is 17.1. The summed E-state index contributed by atoms with van der Waals surface area (Å²) in [6, 6.07) is 0. The number of carbonyl (C=O) groups is 3.